The summed E-state index contributed by atoms with van der Waals surface area (Å²) in [5, 5.41) is 3.11. The molecule has 1 atom stereocenters. The van der Waals surface area contributed by atoms with Gasteiger partial charge in [-0.25, -0.2) is 18.2 Å². The Hall–Kier alpha value is -4.16. The van der Waals surface area contributed by atoms with Crippen molar-refractivity contribution in [1.29, 1.82) is 0 Å². The zero-order chi connectivity index (χ0) is 28.2. The molecule has 0 fully saturated rings. The Bertz CT molecular complexity index is 1560. The monoisotopic (exact) mass is 570 g/mol. The largest absolute Gasteiger partial charge is 0.493 e. The smallest absolute Gasteiger partial charge is 0.337 e. The number of thiazole rings is 1. The minimum absolute atomic E-state index is 0.0491. The van der Waals surface area contributed by atoms with Crippen LogP contribution >= 0.6 is 11.3 Å². The lowest BCUT2D eigenvalue weighted by atomic mass is 10.1. The van der Waals surface area contributed by atoms with E-state index in [9.17, 15) is 18.0 Å². The van der Waals surface area contributed by atoms with Gasteiger partial charge >= 0.3 is 5.97 Å². The van der Waals surface area contributed by atoms with E-state index < -0.39 is 27.8 Å². The summed E-state index contributed by atoms with van der Waals surface area (Å²) in [6.45, 7) is 1.56. The number of ether oxygens (including phenoxy) is 4. The van der Waals surface area contributed by atoms with E-state index in [1.165, 1.54) is 69.1 Å². The fourth-order valence-electron chi connectivity index (χ4n) is 3.69. The molecule has 4 aromatic rings. The van der Waals surface area contributed by atoms with Gasteiger partial charge in [-0.1, -0.05) is 30.4 Å². The number of carbonyl (C=O) groups is 2. The van der Waals surface area contributed by atoms with E-state index in [-0.39, 0.29) is 10.6 Å². The van der Waals surface area contributed by atoms with Crippen LogP contribution in [0.2, 0.25) is 0 Å². The van der Waals surface area contributed by atoms with Crippen molar-refractivity contribution >= 4 is 48.4 Å². The molecule has 0 saturated carbocycles. The van der Waals surface area contributed by atoms with E-state index in [1.807, 2.05) is 0 Å². The van der Waals surface area contributed by atoms with Crippen LogP contribution in [0, 0.1) is 0 Å². The topological polar surface area (TPSA) is 130 Å². The Morgan fingerprint density at radius 2 is 1.59 bits per heavy atom. The van der Waals surface area contributed by atoms with Gasteiger partial charge in [-0.15, -0.1) is 0 Å². The molecule has 1 N–H and O–H groups in total. The van der Waals surface area contributed by atoms with Gasteiger partial charge < -0.3 is 18.9 Å². The molecule has 10 nitrogen and oxygen atoms in total. The molecule has 0 bridgehead atoms. The molecule has 0 radical (unpaired) electrons. The number of fused-ring (bicyclic) bond motifs is 1. The van der Waals surface area contributed by atoms with Gasteiger partial charge in [0.15, 0.2) is 26.5 Å². The Morgan fingerprint density at radius 3 is 2.18 bits per heavy atom. The lowest BCUT2D eigenvalue weighted by Gasteiger charge is -2.19. The molecule has 1 heterocycles. The highest BCUT2D eigenvalue weighted by Crippen LogP contribution is 2.36. The van der Waals surface area contributed by atoms with Crippen molar-refractivity contribution in [3.05, 3.63) is 71.8 Å². The third kappa shape index (κ3) is 6.13. The van der Waals surface area contributed by atoms with E-state index in [0.29, 0.717) is 39.0 Å². The van der Waals surface area contributed by atoms with Crippen molar-refractivity contribution < 1.29 is 37.0 Å². The fourth-order valence-corrected chi connectivity index (χ4v) is 5.46. The van der Waals surface area contributed by atoms with E-state index >= 15 is 0 Å². The molecule has 1 aromatic heterocycles. The molecule has 4 rings (SSSR count). The first-order valence-electron chi connectivity index (χ1n) is 11.7. The first kappa shape index (κ1) is 27.9. The number of nitrogens with one attached hydrogen (secondary N) is 1. The molecule has 0 aliphatic rings. The van der Waals surface area contributed by atoms with E-state index in [2.05, 4.69) is 10.3 Å². The SMILES string of the molecule is CCS(=O)(=O)c1ccc(C(Oc2ccc(C(=O)OC)cc2)C(=O)Nc2nc3cc(OC)c(OC)cc3s2)cc1. The van der Waals surface area contributed by atoms with Gasteiger partial charge in [-0.05, 0) is 36.4 Å². The number of hydrogen-bond donors (Lipinski definition) is 1. The van der Waals surface area contributed by atoms with Crippen LogP contribution in [0.3, 0.4) is 0 Å². The van der Waals surface area contributed by atoms with Crippen molar-refractivity contribution in [3.63, 3.8) is 0 Å². The number of nitrogens with zero attached hydrogens (tertiary/aromatic N) is 1. The Morgan fingerprint density at radius 1 is 0.949 bits per heavy atom. The molecule has 12 heteroatoms. The van der Waals surface area contributed by atoms with Gasteiger partial charge in [0, 0.05) is 17.7 Å². The summed E-state index contributed by atoms with van der Waals surface area (Å²) >= 11 is 1.24. The van der Waals surface area contributed by atoms with Crippen LogP contribution in [-0.4, -0.2) is 52.4 Å². The number of hydrogen-bond acceptors (Lipinski definition) is 10. The summed E-state index contributed by atoms with van der Waals surface area (Å²) in [6, 6.07) is 15.5. The number of amides is 1. The summed E-state index contributed by atoms with van der Waals surface area (Å²) in [5.41, 5.74) is 1.35. The van der Waals surface area contributed by atoms with Crippen LogP contribution < -0.4 is 19.5 Å². The second-order valence-electron chi connectivity index (χ2n) is 8.17. The van der Waals surface area contributed by atoms with Crippen LogP contribution in [0.4, 0.5) is 5.13 Å². The maximum atomic E-state index is 13.5. The second-order valence-corrected chi connectivity index (χ2v) is 11.5. The molecule has 3 aromatic carbocycles. The number of aromatic nitrogens is 1. The molecular formula is C27H26N2O8S2. The number of esters is 1. The summed E-state index contributed by atoms with van der Waals surface area (Å²) < 4.78 is 46.7. The number of methoxy groups -OCH3 is 3. The van der Waals surface area contributed by atoms with Crippen molar-refractivity contribution in [2.24, 2.45) is 0 Å². The van der Waals surface area contributed by atoms with Crippen LogP contribution in [0.1, 0.15) is 28.9 Å². The molecule has 204 valence electrons. The first-order valence-corrected chi connectivity index (χ1v) is 14.2. The fraction of sp³-hybridized carbons (Fsp3) is 0.222. The average Bonchev–Trinajstić information content (AvgIpc) is 3.35. The van der Waals surface area contributed by atoms with Crippen molar-refractivity contribution in [2.45, 2.75) is 17.9 Å². The highest BCUT2D eigenvalue weighted by Gasteiger charge is 2.25. The minimum Gasteiger partial charge on any atom is -0.493 e. The maximum absolute atomic E-state index is 13.5. The standard InChI is InChI=1S/C27H26N2O8S2/c1-5-39(32,33)19-12-8-16(9-13-19)24(37-18-10-6-17(7-11-18)26(31)36-4)25(30)29-27-28-20-14-21(34-2)22(35-3)15-23(20)38-27/h6-15,24H,5H2,1-4H3,(H,28,29,30). The van der Waals surface area contributed by atoms with Gasteiger partial charge in [0.25, 0.3) is 5.91 Å². The molecule has 1 amide bonds. The number of rotatable bonds is 10. The maximum Gasteiger partial charge on any atom is 0.337 e. The van der Waals surface area contributed by atoms with Gasteiger partial charge in [0.2, 0.25) is 6.10 Å². The zero-order valence-electron chi connectivity index (χ0n) is 21.6. The molecular weight excluding hydrogens is 544 g/mol. The highest BCUT2D eigenvalue weighted by molar-refractivity contribution is 7.91. The lowest BCUT2D eigenvalue weighted by Crippen LogP contribution is -2.25. The van der Waals surface area contributed by atoms with Gasteiger partial charge in [0.1, 0.15) is 5.75 Å². The van der Waals surface area contributed by atoms with Crippen LogP contribution in [-0.2, 0) is 19.4 Å². The summed E-state index contributed by atoms with van der Waals surface area (Å²) in [6.07, 6.45) is -1.16. The molecule has 1 unspecified atom stereocenters. The predicted octanol–water partition coefficient (Wildman–Crippen LogP) is 4.65. The molecule has 0 aliphatic carbocycles. The number of carbonyl (C=O) groups excluding carboxylic acids is 2. The van der Waals surface area contributed by atoms with E-state index in [1.54, 1.807) is 31.2 Å². The predicted molar refractivity (Wildman–Crippen MR) is 147 cm³/mol. The Labute approximate surface area is 229 Å². The Balaban J connectivity index is 1.65. The van der Waals surface area contributed by atoms with E-state index in [0.717, 1.165) is 4.70 Å². The Kier molecular flexibility index (Phi) is 8.36. The normalized spacial score (nSPS) is 12.0. The number of benzene rings is 3. The lowest BCUT2D eigenvalue weighted by molar-refractivity contribution is -0.123. The average molecular weight is 571 g/mol. The van der Waals surface area contributed by atoms with Crippen LogP contribution in [0.25, 0.3) is 10.2 Å². The zero-order valence-corrected chi connectivity index (χ0v) is 23.2. The number of anilines is 1. The third-order valence-corrected chi connectivity index (χ3v) is 8.50. The summed E-state index contributed by atoms with van der Waals surface area (Å²) in [7, 11) is 0.912. The van der Waals surface area contributed by atoms with E-state index in [4.69, 9.17) is 18.9 Å². The minimum atomic E-state index is -3.42. The van der Waals surface area contributed by atoms with Gasteiger partial charge in [-0.3, -0.25) is 10.1 Å². The van der Waals surface area contributed by atoms with Gasteiger partial charge in [0.05, 0.1) is 47.8 Å². The third-order valence-electron chi connectivity index (χ3n) is 5.81. The van der Waals surface area contributed by atoms with Crippen molar-refractivity contribution in [2.75, 3.05) is 32.4 Å². The second kappa shape index (κ2) is 11.7. The summed E-state index contributed by atoms with van der Waals surface area (Å²) in [5.74, 6) is 0.264. The van der Waals surface area contributed by atoms with Crippen LogP contribution in [0.15, 0.2) is 65.6 Å². The molecule has 0 spiro atoms. The summed E-state index contributed by atoms with van der Waals surface area (Å²) in [4.78, 5) is 29.9. The van der Waals surface area contributed by atoms with Gasteiger partial charge in [-0.2, -0.15) is 0 Å². The van der Waals surface area contributed by atoms with Crippen molar-refractivity contribution in [1.82, 2.24) is 4.98 Å². The first-order chi connectivity index (χ1) is 18.7. The van der Waals surface area contributed by atoms with Crippen LogP contribution in [0.5, 0.6) is 17.2 Å². The number of sulfone groups is 1. The van der Waals surface area contributed by atoms with Crippen molar-refractivity contribution in [3.8, 4) is 17.2 Å². The molecule has 0 aliphatic heterocycles. The molecule has 39 heavy (non-hydrogen) atoms. The quantitative estimate of drug-likeness (QED) is 0.271. The highest BCUT2D eigenvalue weighted by atomic mass is 32.2. The molecule has 0 saturated heterocycles.